The van der Waals surface area contributed by atoms with Crippen LogP contribution in [-0.2, 0) is 32.0 Å². The Morgan fingerprint density at radius 1 is 1.07 bits per heavy atom. The summed E-state index contributed by atoms with van der Waals surface area (Å²) in [6.07, 6.45) is -0.325. The van der Waals surface area contributed by atoms with Crippen molar-refractivity contribution < 1.29 is 23.9 Å². The van der Waals surface area contributed by atoms with Gasteiger partial charge in [-0.25, -0.2) is 0 Å². The van der Waals surface area contributed by atoms with E-state index in [1.54, 1.807) is 24.3 Å². The predicted octanol–water partition coefficient (Wildman–Crippen LogP) is 1.50. The number of hydrogen-bond acceptors (Lipinski definition) is 5. The predicted molar refractivity (Wildman–Crippen MR) is 105 cm³/mol. The minimum atomic E-state index is -1.03. The van der Waals surface area contributed by atoms with Gasteiger partial charge in [-0.15, -0.1) is 0 Å². The number of fused-ring (bicyclic) bond motifs is 1. The lowest BCUT2D eigenvalue weighted by Crippen LogP contribution is -2.46. The highest BCUT2D eigenvalue weighted by Gasteiger charge is 2.33. The van der Waals surface area contributed by atoms with Gasteiger partial charge in [0.15, 0.2) is 6.10 Å². The van der Waals surface area contributed by atoms with Crippen molar-refractivity contribution in [2.45, 2.75) is 25.9 Å². The summed E-state index contributed by atoms with van der Waals surface area (Å²) in [5.41, 5.74) is 2.12. The van der Waals surface area contributed by atoms with Gasteiger partial charge in [0.2, 0.25) is 5.91 Å². The molecule has 1 aliphatic rings. The molecule has 0 unspecified atom stereocenters. The highest BCUT2D eigenvalue weighted by molar-refractivity contribution is 6.11. The average Bonchev–Trinajstić information content (AvgIpc) is 2.71. The van der Waals surface area contributed by atoms with E-state index < -0.39 is 36.3 Å². The summed E-state index contributed by atoms with van der Waals surface area (Å²) >= 11 is 0. The van der Waals surface area contributed by atoms with E-state index in [9.17, 15) is 19.2 Å². The number of imide groups is 1. The molecule has 0 aliphatic carbocycles. The topological polar surface area (TPSA) is 92.8 Å². The number of benzene rings is 2. The molecule has 1 aliphatic heterocycles. The first-order valence-electron chi connectivity index (χ1n) is 9.39. The number of carbonyl (C=O) groups excluding carboxylic acids is 4. The van der Waals surface area contributed by atoms with Crippen molar-refractivity contribution in [3.05, 3.63) is 71.3 Å². The summed E-state index contributed by atoms with van der Waals surface area (Å²) < 4.78 is 5.11. The Morgan fingerprint density at radius 3 is 2.52 bits per heavy atom. The minimum Gasteiger partial charge on any atom is -0.451 e. The second-order valence-corrected chi connectivity index (χ2v) is 6.78. The van der Waals surface area contributed by atoms with Gasteiger partial charge in [-0.1, -0.05) is 48.5 Å². The third-order valence-corrected chi connectivity index (χ3v) is 4.66. The van der Waals surface area contributed by atoms with Crippen molar-refractivity contribution in [3.63, 3.8) is 0 Å². The Labute approximate surface area is 168 Å². The first-order valence-corrected chi connectivity index (χ1v) is 9.39. The molecule has 0 aromatic heterocycles. The molecule has 0 saturated heterocycles. The summed E-state index contributed by atoms with van der Waals surface area (Å²) in [5, 5.41) is 2.71. The lowest BCUT2D eigenvalue weighted by molar-refractivity contribution is -0.156. The fraction of sp³-hybridized carbons (Fsp3) is 0.273. The lowest BCUT2D eigenvalue weighted by Gasteiger charge is -2.26. The lowest BCUT2D eigenvalue weighted by atomic mass is 9.98. The largest absolute Gasteiger partial charge is 0.451 e. The van der Waals surface area contributed by atoms with Crippen LogP contribution in [0.3, 0.4) is 0 Å². The van der Waals surface area contributed by atoms with Gasteiger partial charge in [-0.05, 0) is 30.5 Å². The maximum absolute atomic E-state index is 12.5. The first kappa shape index (κ1) is 20.3. The van der Waals surface area contributed by atoms with E-state index in [1.165, 1.54) is 6.92 Å². The highest BCUT2D eigenvalue weighted by Crippen LogP contribution is 2.19. The Balaban J connectivity index is 1.49. The van der Waals surface area contributed by atoms with Gasteiger partial charge in [0.25, 0.3) is 11.8 Å². The number of esters is 1. The second-order valence-electron chi connectivity index (χ2n) is 6.78. The third kappa shape index (κ3) is 5.07. The van der Waals surface area contributed by atoms with Crippen molar-refractivity contribution in [2.24, 2.45) is 0 Å². The molecule has 1 N–H and O–H groups in total. The SMILES string of the molecule is C[C@@H](OC(=O)CN1C(=O)Cc2ccccc2C1=O)C(=O)NCCc1ccccc1. The van der Waals surface area contributed by atoms with Crippen molar-refractivity contribution in [1.29, 1.82) is 0 Å². The van der Waals surface area contributed by atoms with Gasteiger partial charge < -0.3 is 10.1 Å². The summed E-state index contributed by atoms with van der Waals surface area (Å²) in [6.45, 7) is 1.34. The van der Waals surface area contributed by atoms with Crippen LogP contribution in [0.2, 0.25) is 0 Å². The molecule has 1 heterocycles. The normalized spacial score (nSPS) is 14.2. The molecule has 1 atom stereocenters. The average molecular weight is 394 g/mol. The van der Waals surface area contributed by atoms with E-state index in [1.807, 2.05) is 30.3 Å². The maximum atomic E-state index is 12.5. The number of carbonyl (C=O) groups is 4. The van der Waals surface area contributed by atoms with Crippen molar-refractivity contribution in [2.75, 3.05) is 13.1 Å². The molecule has 2 aromatic rings. The number of ether oxygens (including phenoxy) is 1. The Bertz CT molecular complexity index is 926. The molecule has 0 fully saturated rings. The van der Waals surface area contributed by atoms with Crippen LogP contribution in [-0.4, -0.2) is 47.8 Å². The molecule has 0 radical (unpaired) electrons. The van der Waals surface area contributed by atoms with Crippen molar-refractivity contribution >= 4 is 23.7 Å². The van der Waals surface area contributed by atoms with Crippen LogP contribution < -0.4 is 5.32 Å². The minimum absolute atomic E-state index is 0.0463. The van der Waals surface area contributed by atoms with Gasteiger partial charge in [0.05, 0.1) is 6.42 Å². The van der Waals surface area contributed by atoms with E-state index in [0.29, 0.717) is 24.1 Å². The molecule has 0 spiro atoms. The molecule has 7 nitrogen and oxygen atoms in total. The van der Waals surface area contributed by atoms with Crippen LogP contribution in [0.4, 0.5) is 0 Å². The van der Waals surface area contributed by atoms with Crippen LogP contribution in [0.1, 0.15) is 28.4 Å². The highest BCUT2D eigenvalue weighted by atomic mass is 16.5. The Hall–Kier alpha value is -3.48. The van der Waals surface area contributed by atoms with Gasteiger partial charge in [-0.3, -0.25) is 24.1 Å². The van der Waals surface area contributed by atoms with Crippen LogP contribution >= 0.6 is 0 Å². The Kier molecular flexibility index (Phi) is 6.39. The molecule has 0 bridgehead atoms. The van der Waals surface area contributed by atoms with E-state index in [4.69, 9.17) is 4.74 Å². The third-order valence-electron chi connectivity index (χ3n) is 4.66. The van der Waals surface area contributed by atoms with Crippen molar-refractivity contribution in [1.82, 2.24) is 10.2 Å². The quantitative estimate of drug-likeness (QED) is 0.568. The first-order chi connectivity index (χ1) is 14.0. The van der Waals surface area contributed by atoms with E-state index in [2.05, 4.69) is 5.32 Å². The standard InChI is InChI=1S/C22H22N2O5/c1-15(21(27)23-12-11-16-7-3-2-4-8-16)29-20(26)14-24-19(25)13-17-9-5-6-10-18(17)22(24)28/h2-10,15H,11-14H2,1H3,(H,23,27)/t15-/m1/s1. The summed E-state index contributed by atoms with van der Waals surface area (Å²) in [4.78, 5) is 49.9. The van der Waals surface area contributed by atoms with Gasteiger partial charge in [-0.2, -0.15) is 0 Å². The zero-order valence-electron chi connectivity index (χ0n) is 16.1. The van der Waals surface area contributed by atoms with Crippen LogP contribution in [0.25, 0.3) is 0 Å². The zero-order chi connectivity index (χ0) is 20.8. The van der Waals surface area contributed by atoms with E-state index in [-0.39, 0.29) is 6.42 Å². The number of hydrogen-bond donors (Lipinski definition) is 1. The second kappa shape index (κ2) is 9.14. The van der Waals surface area contributed by atoms with Crippen LogP contribution in [0.5, 0.6) is 0 Å². The van der Waals surface area contributed by atoms with Gasteiger partial charge in [0, 0.05) is 12.1 Å². The van der Waals surface area contributed by atoms with Gasteiger partial charge >= 0.3 is 5.97 Å². The monoisotopic (exact) mass is 394 g/mol. The van der Waals surface area contributed by atoms with E-state index in [0.717, 1.165) is 10.5 Å². The fourth-order valence-corrected chi connectivity index (χ4v) is 3.10. The molecule has 3 rings (SSSR count). The Morgan fingerprint density at radius 2 is 1.76 bits per heavy atom. The molecule has 29 heavy (non-hydrogen) atoms. The molecular formula is C22H22N2O5. The molecular weight excluding hydrogens is 372 g/mol. The zero-order valence-corrected chi connectivity index (χ0v) is 16.1. The smallest absolute Gasteiger partial charge is 0.326 e. The van der Waals surface area contributed by atoms with Gasteiger partial charge in [0.1, 0.15) is 6.54 Å². The summed E-state index contributed by atoms with van der Waals surface area (Å²) in [5.74, 6) is -2.24. The number of rotatable bonds is 7. The molecule has 0 saturated carbocycles. The van der Waals surface area contributed by atoms with Crippen LogP contribution in [0, 0.1) is 0 Å². The van der Waals surface area contributed by atoms with Crippen molar-refractivity contribution in [3.8, 4) is 0 Å². The number of amides is 3. The van der Waals surface area contributed by atoms with Crippen LogP contribution in [0.15, 0.2) is 54.6 Å². The number of nitrogens with one attached hydrogen (secondary N) is 1. The molecule has 2 aromatic carbocycles. The summed E-state index contributed by atoms with van der Waals surface area (Å²) in [7, 11) is 0. The molecule has 3 amide bonds. The summed E-state index contributed by atoms with van der Waals surface area (Å²) in [6, 6.07) is 16.5. The fourth-order valence-electron chi connectivity index (χ4n) is 3.10. The maximum Gasteiger partial charge on any atom is 0.326 e. The molecule has 7 heteroatoms. The molecule has 150 valence electrons. The number of nitrogens with zero attached hydrogens (tertiary/aromatic N) is 1. The van der Waals surface area contributed by atoms with E-state index >= 15 is 0 Å².